The average Bonchev–Trinajstić information content (AvgIpc) is 2.59. The van der Waals surface area contributed by atoms with Gasteiger partial charge in [-0.25, -0.2) is 9.78 Å². The highest BCUT2D eigenvalue weighted by atomic mass is 16.5. The lowest BCUT2D eigenvalue weighted by Gasteiger charge is -2.07. The molecule has 0 unspecified atom stereocenters. The van der Waals surface area contributed by atoms with Crippen molar-refractivity contribution in [2.75, 3.05) is 7.11 Å². The van der Waals surface area contributed by atoms with Gasteiger partial charge in [0.15, 0.2) is 0 Å². The van der Waals surface area contributed by atoms with Gasteiger partial charge in [-0.05, 0) is 24.3 Å². The van der Waals surface area contributed by atoms with Gasteiger partial charge in [0.1, 0.15) is 18.2 Å². The lowest BCUT2D eigenvalue weighted by Crippen LogP contribution is -2.13. The molecule has 2 heterocycles. The first kappa shape index (κ1) is 14.7. The molecule has 7 heteroatoms. The van der Waals surface area contributed by atoms with Crippen LogP contribution >= 0.6 is 0 Å². The van der Waals surface area contributed by atoms with Gasteiger partial charge in [-0.15, -0.1) is 0 Å². The van der Waals surface area contributed by atoms with Gasteiger partial charge in [0.05, 0.1) is 29.8 Å². The number of ether oxygens (including phenoxy) is 2. The molecule has 116 valence electrons. The summed E-state index contributed by atoms with van der Waals surface area (Å²) in [6.07, 6.45) is 3.06. The number of H-pyrrole nitrogens is 1. The largest absolute Gasteiger partial charge is 0.486 e. The van der Waals surface area contributed by atoms with Crippen molar-refractivity contribution in [2.24, 2.45) is 0 Å². The summed E-state index contributed by atoms with van der Waals surface area (Å²) in [5, 5.41) is 0.469. The molecule has 0 aliphatic carbocycles. The number of nitrogens with zero attached hydrogens (tertiary/aromatic N) is 2. The molecule has 0 saturated heterocycles. The first-order valence-corrected chi connectivity index (χ1v) is 6.81. The highest BCUT2D eigenvalue weighted by Gasteiger charge is 2.08. The summed E-state index contributed by atoms with van der Waals surface area (Å²) < 4.78 is 10.2. The number of benzene rings is 1. The van der Waals surface area contributed by atoms with Crippen LogP contribution < -0.4 is 10.3 Å². The number of methoxy groups -OCH3 is 1. The average molecular weight is 311 g/mol. The monoisotopic (exact) mass is 311 g/mol. The van der Waals surface area contributed by atoms with Crippen molar-refractivity contribution < 1.29 is 14.3 Å². The topological polar surface area (TPSA) is 94.2 Å². The Bertz CT molecular complexity index is 920. The molecule has 0 aliphatic heterocycles. The second-order valence-electron chi connectivity index (χ2n) is 4.71. The van der Waals surface area contributed by atoms with Crippen molar-refractivity contribution in [1.82, 2.24) is 15.0 Å². The molecule has 3 aromatic rings. The number of esters is 1. The summed E-state index contributed by atoms with van der Waals surface area (Å²) in [6, 6.07) is 8.17. The fourth-order valence-electron chi connectivity index (χ4n) is 2.09. The van der Waals surface area contributed by atoms with Gasteiger partial charge in [0.2, 0.25) is 0 Å². The third-order valence-electron chi connectivity index (χ3n) is 3.19. The second-order valence-corrected chi connectivity index (χ2v) is 4.71. The summed E-state index contributed by atoms with van der Waals surface area (Å²) in [6.45, 7) is 0.0602. The summed E-state index contributed by atoms with van der Waals surface area (Å²) >= 11 is 0. The van der Waals surface area contributed by atoms with Crippen LogP contribution in [-0.4, -0.2) is 28.0 Å². The third-order valence-corrected chi connectivity index (χ3v) is 3.19. The first-order chi connectivity index (χ1) is 11.2. The maximum atomic E-state index is 12.0. The zero-order chi connectivity index (χ0) is 16.2. The predicted molar refractivity (Wildman–Crippen MR) is 82.3 cm³/mol. The first-order valence-electron chi connectivity index (χ1n) is 6.81. The normalized spacial score (nSPS) is 10.5. The van der Waals surface area contributed by atoms with Crippen LogP contribution in [0.25, 0.3) is 10.9 Å². The van der Waals surface area contributed by atoms with E-state index in [2.05, 4.69) is 19.7 Å². The SMILES string of the molecule is COC(=O)c1cccc(OCc2nc3cnccc3c(=O)[nH]2)c1. The van der Waals surface area contributed by atoms with Gasteiger partial charge >= 0.3 is 5.97 Å². The lowest BCUT2D eigenvalue weighted by molar-refractivity contribution is 0.0600. The van der Waals surface area contributed by atoms with Crippen molar-refractivity contribution in [2.45, 2.75) is 6.61 Å². The maximum Gasteiger partial charge on any atom is 0.337 e. The molecule has 0 atom stereocenters. The van der Waals surface area contributed by atoms with Crippen molar-refractivity contribution in [3.8, 4) is 5.75 Å². The fraction of sp³-hybridized carbons (Fsp3) is 0.125. The Labute approximate surface area is 130 Å². The molecule has 0 bridgehead atoms. The number of aromatic amines is 1. The van der Waals surface area contributed by atoms with Gasteiger partial charge < -0.3 is 14.5 Å². The van der Waals surface area contributed by atoms with Crippen LogP contribution in [-0.2, 0) is 11.3 Å². The Hall–Kier alpha value is -3.22. The molecule has 0 radical (unpaired) electrons. The highest BCUT2D eigenvalue weighted by Crippen LogP contribution is 2.15. The number of hydrogen-bond donors (Lipinski definition) is 1. The number of rotatable bonds is 4. The van der Waals surface area contributed by atoms with E-state index >= 15 is 0 Å². The van der Waals surface area contributed by atoms with Gasteiger partial charge in [0, 0.05) is 6.20 Å². The molecule has 1 N–H and O–H groups in total. The van der Waals surface area contributed by atoms with Gasteiger partial charge in [-0.1, -0.05) is 6.07 Å². The molecule has 0 amide bonds. The van der Waals surface area contributed by atoms with Crippen LogP contribution in [0.3, 0.4) is 0 Å². The van der Waals surface area contributed by atoms with Crippen LogP contribution in [0.15, 0.2) is 47.5 Å². The Morgan fingerprint density at radius 1 is 1.30 bits per heavy atom. The molecular formula is C16H13N3O4. The smallest absolute Gasteiger partial charge is 0.337 e. The Morgan fingerprint density at radius 2 is 2.17 bits per heavy atom. The van der Waals surface area contributed by atoms with Crippen molar-refractivity contribution >= 4 is 16.9 Å². The maximum absolute atomic E-state index is 12.0. The molecule has 0 spiro atoms. The number of aromatic nitrogens is 3. The highest BCUT2D eigenvalue weighted by molar-refractivity contribution is 5.89. The second kappa shape index (κ2) is 6.27. The zero-order valence-corrected chi connectivity index (χ0v) is 12.3. The number of fused-ring (bicyclic) bond motifs is 1. The minimum atomic E-state index is -0.446. The van der Waals surface area contributed by atoms with E-state index in [1.807, 2.05) is 0 Å². The molecule has 1 aromatic carbocycles. The van der Waals surface area contributed by atoms with E-state index in [0.717, 1.165) is 0 Å². The summed E-state index contributed by atoms with van der Waals surface area (Å²) in [4.78, 5) is 34.3. The van der Waals surface area contributed by atoms with E-state index in [4.69, 9.17) is 4.74 Å². The van der Waals surface area contributed by atoms with Crippen LogP contribution in [0.1, 0.15) is 16.2 Å². The van der Waals surface area contributed by atoms with E-state index in [9.17, 15) is 9.59 Å². The van der Waals surface area contributed by atoms with Crippen molar-refractivity contribution in [3.63, 3.8) is 0 Å². The molecule has 3 rings (SSSR count). The molecule has 2 aromatic heterocycles. The van der Waals surface area contributed by atoms with Crippen LogP contribution in [0.2, 0.25) is 0 Å². The molecule has 0 saturated carbocycles. The standard InChI is InChI=1S/C16H13N3O4/c1-22-16(21)10-3-2-4-11(7-10)23-9-14-18-13-8-17-6-5-12(13)15(20)19-14/h2-8H,9H2,1H3,(H,18,19,20). The Kier molecular flexibility index (Phi) is 4.01. The summed E-state index contributed by atoms with van der Waals surface area (Å²) in [7, 11) is 1.31. The Balaban J connectivity index is 1.81. The van der Waals surface area contributed by atoms with E-state index < -0.39 is 5.97 Å². The Morgan fingerprint density at radius 3 is 3.00 bits per heavy atom. The number of nitrogens with one attached hydrogen (secondary N) is 1. The lowest BCUT2D eigenvalue weighted by atomic mass is 10.2. The van der Waals surface area contributed by atoms with Gasteiger partial charge in [0.25, 0.3) is 5.56 Å². The van der Waals surface area contributed by atoms with Gasteiger partial charge in [-0.2, -0.15) is 0 Å². The third kappa shape index (κ3) is 3.18. The molecule has 0 aliphatic rings. The van der Waals surface area contributed by atoms with E-state index in [1.54, 1.807) is 30.3 Å². The van der Waals surface area contributed by atoms with E-state index in [1.165, 1.54) is 19.5 Å². The number of carbonyl (C=O) groups excluding carboxylic acids is 1. The van der Waals surface area contributed by atoms with Crippen LogP contribution in [0, 0.1) is 0 Å². The zero-order valence-electron chi connectivity index (χ0n) is 12.3. The van der Waals surface area contributed by atoms with E-state index in [0.29, 0.717) is 28.0 Å². The number of pyridine rings is 1. The van der Waals surface area contributed by atoms with Gasteiger partial charge in [-0.3, -0.25) is 9.78 Å². The summed E-state index contributed by atoms with van der Waals surface area (Å²) in [5.74, 6) is 0.402. The fourth-order valence-corrected chi connectivity index (χ4v) is 2.09. The number of carbonyl (C=O) groups is 1. The van der Waals surface area contributed by atoms with Crippen LogP contribution in [0.5, 0.6) is 5.75 Å². The molecule has 0 fully saturated rings. The number of hydrogen-bond acceptors (Lipinski definition) is 6. The molecular weight excluding hydrogens is 298 g/mol. The molecule has 23 heavy (non-hydrogen) atoms. The van der Waals surface area contributed by atoms with Crippen molar-refractivity contribution in [1.29, 1.82) is 0 Å². The molecule has 7 nitrogen and oxygen atoms in total. The van der Waals surface area contributed by atoms with Crippen molar-refractivity contribution in [3.05, 3.63) is 64.5 Å². The van der Waals surface area contributed by atoms with Crippen LogP contribution in [0.4, 0.5) is 0 Å². The predicted octanol–water partition coefficient (Wildman–Crippen LogP) is 1.68. The minimum Gasteiger partial charge on any atom is -0.486 e. The summed E-state index contributed by atoms with van der Waals surface area (Å²) in [5.41, 5.74) is 0.631. The quantitative estimate of drug-likeness (QED) is 0.737. The minimum absolute atomic E-state index is 0.0602. The van der Waals surface area contributed by atoms with E-state index in [-0.39, 0.29) is 12.2 Å².